The fraction of sp³-hybridized carbons (Fsp3) is 0.250. The summed E-state index contributed by atoms with van der Waals surface area (Å²) in [6, 6.07) is 12.1. The van der Waals surface area contributed by atoms with Crippen LogP contribution in [0.15, 0.2) is 40.9 Å². The van der Waals surface area contributed by atoms with E-state index in [2.05, 4.69) is 51.9 Å². The molecule has 0 radical (unpaired) electrons. The van der Waals surface area contributed by atoms with Gasteiger partial charge in [0.05, 0.1) is 5.52 Å². The number of nitrogen functional groups attached to an aromatic ring is 1. The number of amides is 1. The van der Waals surface area contributed by atoms with Crippen LogP contribution in [0.1, 0.15) is 46.9 Å². The molecule has 4 rings (SSSR count). The molecule has 132 valence electrons. The summed E-state index contributed by atoms with van der Waals surface area (Å²) < 4.78 is 1.02. The van der Waals surface area contributed by atoms with E-state index < -0.39 is 0 Å². The first kappa shape index (κ1) is 17.0. The molecule has 0 fully saturated rings. The molecule has 1 aliphatic heterocycles. The van der Waals surface area contributed by atoms with E-state index in [0.29, 0.717) is 30.2 Å². The number of carbonyl (C=O) groups is 1. The van der Waals surface area contributed by atoms with Crippen LogP contribution in [-0.2, 0) is 13.1 Å². The zero-order valence-corrected chi connectivity index (χ0v) is 16.2. The van der Waals surface area contributed by atoms with Crippen LogP contribution in [0, 0.1) is 0 Å². The third kappa shape index (κ3) is 2.94. The van der Waals surface area contributed by atoms with E-state index in [4.69, 9.17) is 5.73 Å². The van der Waals surface area contributed by atoms with Crippen molar-refractivity contribution < 1.29 is 4.79 Å². The largest absolute Gasteiger partial charge is 0.368 e. The molecule has 0 atom stereocenters. The predicted molar refractivity (Wildman–Crippen MR) is 106 cm³/mol. The Labute approximate surface area is 160 Å². The average molecular weight is 411 g/mol. The molecule has 2 heterocycles. The van der Waals surface area contributed by atoms with Crippen molar-refractivity contribution in [1.29, 1.82) is 0 Å². The molecule has 5 nitrogen and oxygen atoms in total. The summed E-state index contributed by atoms with van der Waals surface area (Å²) in [5, 5.41) is 0.757. The van der Waals surface area contributed by atoms with Crippen molar-refractivity contribution in [1.82, 2.24) is 14.9 Å². The van der Waals surface area contributed by atoms with Crippen molar-refractivity contribution in [3.63, 3.8) is 0 Å². The van der Waals surface area contributed by atoms with Gasteiger partial charge in [-0.2, -0.15) is 0 Å². The van der Waals surface area contributed by atoms with Gasteiger partial charge >= 0.3 is 0 Å². The zero-order chi connectivity index (χ0) is 18.4. The third-order valence-electron chi connectivity index (χ3n) is 4.78. The molecule has 26 heavy (non-hydrogen) atoms. The molecule has 0 saturated carbocycles. The van der Waals surface area contributed by atoms with Crippen LogP contribution in [0.3, 0.4) is 0 Å². The highest BCUT2D eigenvalue weighted by Gasteiger charge is 2.27. The van der Waals surface area contributed by atoms with E-state index in [-0.39, 0.29) is 11.9 Å². The Hall–Kier alpha value is -2.47. The van der Waals surface area contributed by atoms with E-state index in [1.165, 1.54) is 0 Å². The number of nitrogens with zero attached hydrogens (tertiary/aromatic N) is 3. The van der Waals surface area contributed by atoms with Gasteiger partial charge in [0, 0.05) is 22.9 Å². The lowest BCUT2D eigenvalue weighted by atomic mass is 10.0. The SMILES string of the molecule is CC(C)c1ccc2nc(N)nc(C(=O)N3Cc4ccc(Br)cc4C3)c2c1. The summed E-state index contributed by atoms with van der Waals surface area (Å²) in [7, 11) is 0. The number of carbonyl (C=O) groups excluding carboxylic acids is 1. The molecule has 6 heteroatoms. The maximum Gasteiger partial charge on any atom is 0.273 e. The summed E-state index contributed by atoms with van der Waals surface area (Å²) in [6.45, 7) is 5.39. The summed E-state index contributed by atoms with van der Waals surface area (Å²) in [4.78, 5) is 23.6. The Kier molecular flexibility index (Phi) is 4.15. The number of halogens is 1. The van der Waals surface area contributed by atoms with Crippen LogP contribution < -0.4 is 5.73 Å². The first-order valence-corrected chi connectivity index (χ1v) is 9.35. The fourth-order valence-electron chi connectivity index (χ4n) is 3.34. The fourth-order valence-corrected chi connectivity index (χ4v) is 3.75. The number of nitrogens with two attached hydrogens (primary N) is 1. The Morgan fingerprint density at radius 1 is 1.12 bits per heavy atom. The van der Waals surface area contributed by atoms with E-state index in [1.54, 1.807) is 4.90 Å². The minimum atomic E-state index is -0.114. The molecular formula is C20H19BrN4O. The second kappa shape index (κ2) is 6.36. The van der Waals surface area contributed by atoms with Crippen molar-refractivity contribution >= 4 is 38.7 Å². The lowest BCUT2D eigenvalue weighted by Gasteiger charge is -2.17. The van der Waals surface area contributed by atoms with Crippen LogP contribution in [-0.4, -0.2) is 20.8 Å². The van der Waals surface area contributed by atoms with Crippen LogP contribution in [0.2, 0.25) is 0 Å². The summed E-state index contributed by atoms with van der Waals surface area (Å²) in [5.74, 6) is 0.364. The lowest BCUT2D eigenvalue weighted by molar-refractivity contribution is 0.0747. The number of hydrogen-bond acceptors (Lipinski definition) is 4. The number of anilines is 1. The van der Waals surface area contributed by atoms with Gasteiger partial charge in [-0.15, -0.1) is 0 Å². The summed E-state index contributed by atoms with van der Waals surface area (Å²) in [5.41, 5.74) is 10.4. The molecule has 0 bridgehead atoms. The Morgan fingerprint density at radius 2 is 1.88 bits per heavy atom. The molecule has 0 unspecified atom stereocenters. The van der Waals surface area contributed by atoms with Gasteiger partial charge in [0.2, 0.25) is 5.95 Å². The molecule has 1 aromatic heterocycles. The lowest BCUT2D eigenvalue weighted by Crippen LogP contribution is -2.27. The number of hydrogen-bond donors (Lipinski definition) is 1. The molecular weight excluding hydrogens is 392 g/mol. The summed E-state index contributed by atoms with van der Waals surface area (Å²) >= 11 is 3.49. The second-order valence-corrected chi connectivity index (χ2v) is 7.85. The van der Waals surface area contributed by atoms with Crippen molar-refractivity contribution in [2.24, 2.45) is 0 Å². The second-order valence-electron chi connectivity index (χ2n) is 6.94. The van der Waals surface area contributed by atoms with E-state index >= 15 is 0 Å². The van der Waals surface area contributed by atoms with Gasteiger partial charge in [-0.25, -0.2) is 9.97 Å². The van der Waals surface area contributed by atoms with Crippen molar-refractivity contribution in [3.05, 3.63) is 63.3 Å². The molecule has 0 spiro atoms. The molecule has 1 aliphatic rings. The zero-order valence-electron chi connectivity index (χ0n) is 14.7. The van der Waals surface area contributed by atoms with Gasteiger partial charge in [-0.3, -0.25) is 4.79 Å². The minimum Gasteiger partial charge on any atom is -0.368 e. The molecule has 1 amide bonds. The molecule has 3 aromatic rings. The van der Waals surface area contributed by atoms with Gasteiger partial charge < -0.3 is 10.6 Å². The maximum absolute atomic E-state index is 13.2. The Bertz CT molecular complexity index is 1030. The van der Waals surface area contributed by atoms with E-state index in [9.17, 15) is 4.79 Å². The normalized spacial score (nSPS) is 13.5. The highest BCUT2D eigenvalue weighted by Crippen LogP contribution is 2.29. The van der Waals surface area contributed by atoms with Gasteiger partial charge in [0.25, 0.3) is 5.91 Å². The van der Waals surface area contributed by atoms with Gasteiger partial charge in [-0.05, 0) is 46.9 Å². The van der Waals surface area contributed by atoms with Crippen LogP contribution >= 0.6 is 15.9 Å². The van der Waals surface area contributed by atoms with Crippen molar-refractivity contribution in [2.75, 3.05) is 5.73 Å². The standard InChI is InChI=1S/C20H19BrN4O/c1-11(2)12-4-6-17-16(8-12)18(24-20(22)23-17)19(26)25-9-13-3-5-15(21)7-14(13)10-25/h3-8,11H,9-10H2,1-2H3,(H2,22,23,24). The molecule has 0 saturated heterocycles. The number of benzene rings is 2. The molecule has 0 aliphatic carbocycles. The first-order valence-electron chi connectivity index (χ1n) is 8.56. The van der Waals surface area contributed by atoms with Crippen molar-refractivity contribution in [2.45, 2.75) is 32.9 Å². The smallest absolute Gasteiger partial charge is 0.273 e. The quantitative estimate of drug-likeness (QED) is 0.684. The van der Waals surface area contributed by atoms with Crippen LogP contribution in [0.25, 0.3) is 10.9 Å². The minimum absolute atomic E-state index is 0.114. The Balaban J connectivity index is 1.76. The third-order valence-corrected chi connectivity index (χ3v) is 5.28. The first-order chi connectivity index (χ1) is 12.4. The average Bonchev–Trinajstić information content (AvgIpc) is 3.02. The Morgan fingerprint density at radius 3 is 2.65 bits per heavy atom. The highest BCUT2D eigenvalue weighted by atomic mass is 79.9. The van der Waals surface area contributed by atoms with Gasteiger partial charge in [-0.1, -0.05) is 41.9 Å². The van der Waals surface area contributed by atoms with E-state index in [1.807, 2.05) is 24.3 Å². The topological polar surface area (TPSA) is 72.1 Å². The maximum atomic E-state index is 13.2. The number of aromatic nitrogens is 2. The predicted octanol–water partition coefficient (Wildman–Crippen LogP) is 4.25. The van der Waals surface area contributed by atoms with Crippen LogP contribution in [0.4, 0.5) is 5.95 Å². The number of fused-ring (bicyclic) bond motifs is 2. The number of rotatable bonds is 2. The van der Waals surface area contributed by atoms with Crippen LogP contribution in [0.5, 0.6) is 0 Å². The van der Waals surface area contributed by atoms with Gasteiger partial charge in [0.1, 0.15) is 5.69 Å². The highest BCUT2D eigenvalue weighted by molar-refractivity contribution is 9.10. The van der Waals surface area contributed by atoms with Gasteiger partial charge in [0.15, 0.2) is 0 Å². The van der Waals surface area contributed by atoms with Crippen molar-refractivity contribution in [3.8, 4) is 0 Å². The molecule has 2 N–H and O–H groups in total. The summed E-state index contributed by atoms with van der Waals surface area (Å²) in [6.07, 6.45) is 0. The molecule has 2 aromatic carbocycles. The van der Waals surface area contributed by atoms with E-state index in [0.717, 1.165) is 26.5 Å². The monoisotopic (exact) mass is 410 g/mol.